The van der Waals surface area contributed by atoms with Crippen LogP contribution in [-0.4, -0.2) is 71.0 Å². The summed E-state index contributed by atoms with van der Waals surface area (Å²) in [7, 11) is 0. The number of ether oxygens (including phenoxy) is 2. The molecule has 7 N–H and O–H groups in total. The van der Waals surface area contributed by atoms with E-state index >= 15 is 0 Å². The monoisotopic (exact) mass is 635 g/mol. The van der Waals surface area contributed by atoms with Gasteiger partial charge in [0.2, 0.25) is 11.8 Å². The summed E-state index contributed by atoms with van der Waals surface area (Å²) in [6.07, 6.45) is 2.94. The largest absolute Gasteiger partial charge is 0.442 e. The van der Waals surface area contributed by atoms with Crippen LogP contribution < -0.4 is 22.1 Å². The van der Waals surface area contributed by atoms with Gasteiger partial charge in [0.15, 0.2) is 11.6 Å². The summed E-state index contributed by atoms with van der Waals surface area (Å²) in [5, 5.41) is 44.5. The summed E-state index contributed by atoms with van der Waals surface area (Å²) in [5.41, 5.74) is 9.94. The molecule has 2 amide bonds. The van der Waals surface area contributed by atoms with Gasteiger partial charge in [-0.3, -0.25) is 20.0 Å². The molecule has 242 valence electrons. The molecule has 0 spiro atoms. The molecule has 4 heterocycles. The number of aromatic amines is 1. The second-order valence-electron chi connectivity index (χ2n) is 11.4. The number of nitrogens with two attached hydrogens (primary N) is 2. The van der Waals surface area contributed by atoms with Gasteiger partial charge in [0.25, 0.3) is 0 Å². The van der Waals surface area contributed by atoms with Crippen LogP contribution in [-0.2, 0) is 19.1 Å². The third-order valence-electron chi connectivity index (χ3n) is 5.20. The van der Waals surface area contributed by atoms with Crippen molar-refractivity contribution in [3.63, 3.8) is 0 Å². The second-order valence-corrected chi connectivity index (χ2v) is 11.4. The van der Waals surface area contributed by atoms with Crippen LogP contribution in [0.2, 0.25) is 0 Å². The van der Waals surface area contributed by atoms with E-state index in [2.05, 4.69) is 31.0 Å². The minimum absolute atomic E-state index is 0.0170. The molecule has 4 rings (SSSR count). The first kappa shape index (κ1) is 35.8. The van der Waals surface area contributed by atoms with Crippen molar-refractivity contribution in [3.8, 4) is 18.2 Å². The lowest BCUT2D eigenvalue weighted by Crippen LogP contribution is -2.47. The number of aromatic nitrogens is 6. The highest BCUT2D eigenvalue weighted by molar-refractivity contribution is 6.01. The molecular formula is C27H33N13O6. The molecule has 0 saturated carbocycles. The number of hydrogen-bond acceptors (Lipinski definition) is 15. The summed E-state index contributed by atoms with van der Waals surface area (Å²) in [6, 6.07) is 4.88. The van der Waals surface area contributed by atoms with Crippen molar-refractivity contribution in [2.75, 3.05) is 16.8 Å². The Kier molecular flexibility index (Phi) is 11.5. The van der Waals surface area contributed by atoms with Gasteiger partial charge in [-0.25, -0.2) is 9.59 Å². The van der Waals surface area contributed by atoms with Crippen molar-refractivity contribution in [1.29, 1.82) is 15.8 Å². The van der Waals surface area contributed by atoms with E-state index in [1.807, 2.05) is 18.2 Å². The molecule has 1 aliphatic heterocycles. The first-order chi connectivity index (χ1) is 21.4. The SMILES string of the molecule is CC(C)(C)OC(=O)n1cc(C#N)c(N)n1.CC(C)(C)OC(=O)n1cc(C#N)c(NC2CCC(=O)NC2=O)n1.N#Cc1cn[nH]c1N. The molecule has 0 aliphatic carbocycles. The zero-order valence-corrected chi connectivity index (χ0v) is 25.9. The fourth-order valence-electron chi connectivity index (χ4n) is 3.22. The Labute approximate surface area is 263 Å². The number of amides is 2. The predicted molar refractivity (Wildman–Crippen MR) is 159 cm³/mol. The number of carbonyl (C=O) groups is 4. The van der Waals surface area contributed by atoms with Gasteiger partial charge in [-0.05, 0) is 48.0 Å². The predicted octanol–water partition coefficient (Wildman–Crippen LogP) is 1.74. The number of nitrogens with zero attached hydrogens (tertiary/aromatic N) is 8. The summed E-state index contributed by atoms with van der Waals surface area (Å²) in [4.78, 5) is 46.3. The first-order valence-corrected chi connectivity index (χ1v) is 13.4. The summed E-state index contributed by atoms with van der Waals surface area (Å²) in [6.45, 7) is 10.3. The molecule has 19 nitrogen and oxygen atoms in total. The molecular weight excluding hydrogens is 602 g/mol. The lowest BCUT2D eigenvalue weighted by molar-refractivity contribution is -0.133. The van der Waals surface area contributed by atoms with Crippen molar-refractivity contribution in [3.05, 3.63) is 35.3 Å². The Hall–Kier alpha value is -6.42. The van der Waals surface area contributed by atoms with Crippen LogP contribution in [0, 0.1) is 34.0 Å². The molecule has 0 aromatic carbocycles. The highest BCUT2D eigenvalue weighted by Crippen LogP contribution is 2.18. The molecule has 3 aromatic heterocycles. The molecule has 19 heteroatoms. The molecule has 0 radical (unpaired) electrons. The van der Waals surface area contributed by atoms with Gasteiger partial charge in [-0.2, -0.15) is 30.2 Å². The van der Waals surface area contributed by atoms with Crippen molar-refractivity contribution >= 4 is 41.5 Å². The number of anilines is 3. The maximum atomic E-state index is 12.0. The van der Waals surface area contributed by atoms with Crippen LogP contribution in [0.3, 0.4) is 0 Å². The Balaban J connectivity index is 0.000000272. The summed E-state index contributed by atoms with van der Waals surface area (Å²) < 4.78 is 12.0. The minimum atomic E-state index is -0.731. The number of hydrogen-bond donors (Lipinski definition) is 5. The van der Waals surface area contributed by atoms with Crippen molar-refractivity contribution in [2.45, 2.75) is 71.6 Å². The van der Waals surface area contributed by atoms with Crippen molar-refractivity contribution in [2.24, 2.45) is 0 Å². The van der Waals surface area contributed by atoms with Gasteiger partial charge in [0.05, 0.1) is 18.6 Å². The third kappa shape index (κ3) is 10.7. The van der Waals surface area contributed by atoms with Crippen LogP contribution >= 0.6 is 0 Å². The number of carbonyl (C=O) groups excluding carboxylic acids is 4. The standard InChI is InChI=1S/C14H17N5O4.C9H12N4O2.C4H4N4/c1-14(2,3)23-13(22)19-7-8(6-15)11(18-19)16-9-4-5-10(20)17-12(9)21;1-9(2,3)15-8(14)13-5-6(4-10)7(11)12-13;5-1-3-2-7-8-4(3)6/h7,9H,4-5H2,1-3H3,(H,16,18)(H,17,20,21);5H,1-3H3,(H2,11,12);2H,(H3,6,7,8). The van der Waals surface area contributed by atoms with E-state index in [-0.39, 0.29) is 41.5 Å². The topological polar surface area (TPSA) is 299 Å². The number of rotatable bonds is 2. The zero-order chi connectivity index (χ0) is 34.8. The molecule has 1 fully saturated rings. The van der Waals surface area contributed by atoms with Crippen LogP contribution in [0.15, 0.2) is 18.6 Å². The number of imide groups is 1. The van der Waals surface area contributed by atoms with E-state index in [1.54, 1.807) is 41.5 Å². The summed E-state index contributed by atoms with van der Waals surface area (Å²) in [5.74, 6) is -0.395. The Morgan fingerprint density at radius 1 is 0.913 bits per heavy atom. The van der Waals surface area contributed by atoms with E-state index in [1.165, 1.54) is 18.6 Å². The molecule has 46 heavy (non-hydrogen) atoms. The zero-order valence-electron chi connectivity index (χ0n) is 25.9. The number of nitrogen functional groups attached to an aromatic ring is 2. The van der Waals surface area contributed by atoms with E-state index in [4.69, 9.17) is 36.7 Å². The second kappa shape index (κ2) is 14.8. The average molecular weight is 636 g/mol. The minimum Gasteiger partial charge on any atom is -0.442 e. The summed E-state index contributed by atoms with van der Waals surface area (Å²) >= 11 is 0. The van der Waals surface area contributed by atoms with E-state index in [0.29, 0.717) is 11.4 Å². The Morgan fingerprint density at radius 2 is 1.43 bits per heavy atom. The quantitative estimate of drug-likeness (QED) is 0.250. The van der Waals surface area contributed by atoms with Crippen LogP contribution in [0.4, 0.5) is 27.0 Å². The lowest BCUT2D eigenvalue weighted by atomic mass is 10.1. The van der Waals surface area contributed by atoms with Crippen molar-refractivity contribution < 1.29 is 28.7 Å². The molecule has 3 aromatic rings. The maximum Gasteiger partial charge on any atom is 0.435 e. The fourth-order valence-corrected chi connectivity index (χ4v) is 3.22. The molecule has 1 saturated heterocycles. The van der Waals surface area contributed by atoms with E-state index < -0.39 is 35.3 Å². The van der Waals surface area contributed by atoms with Gasteiger partial charge >= 0.3 is 12.2 Å². The number of H-pyrrole nitrogens is 1. The highest BCUT2D eigenvalue weighted by atomic mass is 16.6. The number of nitriles is 3. The van der Waals surface area contributed by atoms with Gasteiger partial charge in [-0.1, -0.05) is 0 Å². The average Bonchev–Trinajstić information content (AvgIpc) is 3.66. The van der Waals surface area contributed by atoms with Gasteiger partial charge in [0, 0.05) is 6.42 Å². The van der Waals surface area contributed by atoms with Crippen molar-refractivity contribution in [1.82, 2.24) is 35.1 Å². The molecule has 1 aliphatic rings. The van der Waals surface area contributed by atoms with Crippen LogP contribution in [0.25, 0.3) is 0 Å². The Morgan fingerprint density at radius 3 is 1.85 bits per heavy atom. The van der Waals surface area contributed by atoms with Crippen LogP contribution in [0.5, 0.6) is 0 Å². The molecule has 0 bridgehead atoms. The maximum absolute atomic E-state index is 12.0. The first-order valence-electron chi connectivity index (χ1n) is 13.4. The third-order valence-corrected chi connectivity index (χ3v) is 5.20. The fraction of sp³-hybridized carbons (Fsp3) is 0.407. The van der Waals surface area contributed by atoms with Crippen LogP contribution in [0.1, 0.15) is 71.1 Å². The van der Waals surface area contributed by atoms with Gasteiger partial charge < -0.3 is 26.3 Å². The smallest absolute Gasteiger partial charge is 0.435 e. The van der Waals surface area contributed by atoms with Gasteiger partial charge in [0.1, 0.15) is 58.0 Å². The van der Waals surface area contributed by atoms with Gasteiger partial charge in [-0.15, -0.1) is 10.2 Å². The molecule has 1 atom stereocenters. The molecule has 1 unspecified atom stereocenters. The van der Waals surface area contributed by atoms with E-state index in [9.17, 15) is 19.2 Å². The number of piperidine rings is 1. The highest BCUT2D eigenvalue weighted by Gasteiger charge is 2.29. The normalized spacial score (nSPS) is 14.0. The van der Waals surface area contributed by atoms with E-state index in [0.717, 1.165) is 9.36 Å². The Bertz CT molecular complexity index is 1720. The number of nitrogens with one attached hydrogen (secondary N) is 3. The lowest BCUT2D eigenvalue weighted by Gasteiger charge is -2.21.